The Balaban J connectivity index is 1.81. The van der Waals surface area contributed by atoms with Gasteiger partial charge in [-0.25, -0.2) is 12.8 Å². The van der Waals surface area contributed by atoms with Gasteiger partial charge in [-0.1, -0.05) is 31.2 Å². The highest BCUT2D eigenvalue weighted by molar-refractivity contribution is 7.89. The highest BCUT2D eigenvalue weighted by Gasteiger charge is 2.31. The number of morpholine rings is 1. The van der Waals surface area contributed by atoms with Crippen molar-refractivity contribution in [1.29, 1.82) is 0 Å². The second-order valence-electron chi connectivity index (χ2n) is 5.77. The van der Waals surface area contributed by atoms with Crippen molar-refractivity contribution in [2.75, 3.05) is 19.7 Å². The van der Waals surface area contributed by atoms with Crippen LogP contribution in [-0.4, -0.2) is 32.4 Å². The average molecular weight is 349 g/mol. The fraction of sp³-hybridized carbons (Fsp3) is 0.333. The van der Waals surface area contributed by atoms with Crippen LogP contribution in [0.2, 0.25) is 0 Å². The summed E-state index contributed by atoms with van der Waals surface area (Å²) in [7, 11) is -3.56. The number of nitrogens with zero attached hydrogens (tertiary/aromatic N) is 1. The zero-order chi connectivity index (χ0) is 17.2. The molecule has 0 aliphatic carbocycles. The number of sulfonamides is 1. The fourth-order valence-corrected chi connectivity index (χ4v) is 4.19. The van der Waals surface area contributed by atoms with Crippen LogP contribution in [0.3, 0.4) is 0 Å². The number of halogens is 1. The summed E-state index contributed by atoms with van der Waals surface area (Å²) in [6.45, 7) is 2.88. The Hall–Kier alpha value is -1.76. The van der Waals surface area contributed by atoms with Crippen LogP contribution < -0.4 is 0 Å². The highest BCUT2D eigenvalue weighted by atomic mass is 32.2. The summed E-state index contributed by atoms with van der Waals surface area (Å²) in [4.78, 5) is 0.291. The third kappa shape index (κ3) is 3.50. The van der Waals surface area contributed by atoms with Crippen LogP contribution in [0.4, 0.5) is 4.39 Å². The Bertz CT molecular complexity index is 788. The Morgan fingerprint density at radius 3 is 2.42 bits per heavy atom. The number of hydrogen-bond donors (Lipinski definition) is 0. The second kappa shape index (κ2) is 7.01. The lowest BCUT2D eigenvalue weighted by molar-refractivity contribution is -0.00258. The van der Waals surface area contributed by atoms with Gasteiger partial charge in [0.15, 0.2) is 0 Å². The molecule has 2 aromatic rings. The van der Waals surface area contributed by atoms with Gasteiger partial charge in [0, 0.05) is 13.1 Å². The van der Waals surface area contributed by atoms with Gasteiger partial charge in [0.2, 0.25) is 10.0 Å². The molecular formula is C18H20FNO3S. The lowest BCUT2D eigenvalue weighted by Gasteiger charge is -2.32. The van der Waals surface area contributed by atoms with Crippen molar-refractivity contribution in [3.8, 4) is 0 Å². The molecule has 0 N–H and O–H groups in total. The van der Waals surface area contributed by atoms with E-state index in [4.69, 9.17) is 4.74 Å². The summed E-state index contributed by atoms with van der Waals surface area (Å²) in [5, 5.41) is 0. The number of rotatable bonds is 4. The van der Waals surface area contributed by atoms with E-state index in [9.17, 15) is 12.8 Å². The minimum absolute atomic E-state index is 0.226. The average Bonchev–Trinajstić information content (AvgIpc) is 2.62. The van der Waals surface area contributed by atoms with Crippen LogP contribution >= 0.6 is 0 Å². The van der Waals surface area contributed by atoms with Gasteiger partial charge in [0.25, 0.3) is 0 Å². The van der Waals surface area contributed by atoms with E-state index in [1.165, 1.54) is 16.4 Å². The maximum atomic E-state index is 13.1. The fourth-order valence-electron chi connectivity index (χ4n) is 2.77. The summed E-state index contributed by atoms with van der Waals surface area (Å²) in [5.74, 6) is -0.324. The molecule has 3 rings (SSSR count). The van der Waals surface area contributed by atoms with E-state index >= 15 is 0 Å². The number of ether oxygens (including phenoxy) is 1. The van der Waals surface area contributed by atoms with E-state index in [2.05, 4.69) is 0 Å². The van der Waals surface area contributed by atoms with Gasteiger partial charge in [-0.3, -0.25) is 0 Å². The lowest BCUT2D eigenvalue weighted by Crippen LogP contribution is -2.42. The van der Waals surface area contributed by atoms with E-state index in [0.717, 1.165) is 17.5 Å². The summed E-state index contributed by atoms with van der Waals surface area (Å²) in [6.07, 6.45) is 0.480. The van der Waals surface area contributed by atoms with Crippen molar-refractivity contribution in [3.63, 3.8) is 0 Å². The van der Waals surface area contributed by atoms with Crippen LogP contribution in [0, 0.1) is 5.82 Å². The Labute approximate surface area is 141 Å². The zero-order valence-electron chi connectivity index (χ0n) is 13.5. The van der Waals surface area contributed by atoms with E-state index in [1.807, 2.05) is 19.1 Å². The molecule has 1 atom stereocenters. The van der Waals surface area contributed by atoms with Gasteiger partial charge < -0.3 is 4.74 Å². The molecule has 1 saturated heterocycles. The van der Waals surface area contributed by atoms with Gasteiger partial charge in [0.05, 0.1) is 17.6 Å². The summed E-state index contributed by atoms with van der Waals surface area (Å²) in [5.41, 5.74) is 1.87. The van der Waals surface area contributed by atoms with Crippen LogP contribution in [-0.2, 0) is 21.2 Å². The molecule has 24 heavy (non-hydrogen) atoms. The highest BCUT2D eigenvalue weighted by Crippen LogP contribution is 2.26. The first-order chi connectivity index (χ1) is 11.5. The number of benzene rings is 2. The molecule has 6 heteroatoms. The third-order valence-corrected chi connectivity index (χ3v) is 6.12. The van der Waals surface area contributed by atoms with Gasteiger partial charge in [-0.2, -0.15) is 4.31 Å². The molecule has 0 amide bonds. The standard InChI is InChI=1S/C18H20FNO3S/c1-2-14-3-9-17(10-4-14)24(21,22)20-11-12-23-18(13-20)15-5-7-16(19)8-6-15/h3-10,18H,2,11-13H2,1H3. The van der Waals surface area contributed by atoms with Crippen molar-refractivity contribution in [3.05, 3.63) is 65.5 Å². The topological polar surface area (TPSA) is 46.6 Å². The minimum atomic E-state index is -3.56. The van der Waals surface area contributed by atoms with Crippen molar-refractivity contribution in [1.82, 2.24) is 4.31 Å². The molecule has 0 spiro atoms. The van der Waals surface area contributed by atoms with Crippen LogP contribution in [0.1, 0.15) is 24.2 Å². The molecule has 0 radical (unpaired) electrons. The SMILES string of the molecule is CCc1ccc(S(=O)(=O)N2CCOC(c3ccc(F)cc3)C2)cc1. The number of hydrogen-bond acceptors (Lipinski definition) is 3. The monoisotopic (exact) mass is 349 g/mol. The smallest absolute Gasteiger partial charge is 0.243 e. The molecule has 1 aliphatic heterocycles. The van der Waals surface area contributed by atoms with Gasteiger partial charge in [-0.15, -0.1) is 0 Å². The normalized spacial score (nSPS) is 19.3. The summed E-state index contributed by atoms with van der Waals surface area (Å²) in [6, 6.07) is 13.0. The third-order valence-electron chi connectivity index (χ3n) is 4.24. The predicted octanol–water partition coefficient (Wildman–Crippen LogP) is 3.15. The van der Waals surface area contributed by atoms with Crippen molar-refractivity contribution in [2.45, 2.75) is 24.3 Å². The van der Waals surface area contributed by atoms with E-state index in [0.29, 0.717) is 18.0 Å². The first-order valence-electron chi connectivity index (χ1n) is 7.97. The minimum Gasteiger partial charge on any atom is -0.371 e. The molecule has 0 bridgehead atoms. The lowest BCUT2D eigenvalue weighted by atomic mass is 10.1. The molecule has 0 aromatic heterocycles. The number of aryl methyl sites for hydroxylation is 1. The first-order valence-corrected chi connectivity index (χ1v) is 9.41. The zero-order valence-corrected chi connectivity index (χ0v) is 14.3. The van der Waals surface area contributed by atoms with Crippen molar-refractivity contribution in [2.24, 2.45) is 0 Å². The van der Waals surface area contributed by atoms with Gasteiger partial charge in [-0.05, 0) is 41.8 Å². The summed E-state index contributed by atoms with van der Waals surface area (Å²) < 4.78 is 45.8. The molecule has 1 fully saturated rings. The van der Waals surface area contributed by atoms with Gasteiger partial charge in [0.1, 0.15) is 5.82 Å². The first kappa shape index (κ1) is 17.1. The maximum absolute atomic E-state index is 13.1. The van der Waals surface area contributed by atoms with Gasteiger partial charge >= 0.3 is 0 Å². The predicted molar refractivity (Wildman–Crippen MR) is 89.7 cm³/mol. The van der Waals surface area contributed by atoms with E-state index < -0.39 is 10.0 Å². The molecule has 128 valence electrons. The quantitative estimate of drug-likeness (QED) is 0.852. The summed E-state index contributed by atoms with van der Waals surface area (Å²) >= 11 is 0. The van der Waals surface area contributed by atoms with Crippen molar-refractivity contribution >= 4 is 10.0 Å². The largest absolute Gasteiger partial charge is 0.371 e. The Morgan fingerprint density at radius 2 is 1.79 bits per heavy atom. The maximum Gasteiger partial charge on any atom is 0.243 e. The molecule has 1 heterocycles. The molecule has 4 nitrogen and oxygen atoms in total. The molecule has 1 aliphatic rings. The molecule has 1 unspecified atom stereocenters. The van der Waals surface area contributed by atoms with Crippen LogP contribution in [0.5, 0.6) is 0 Å². The Kier molecular flexibility index (Phi) is 4.99. The van der Waals surface area contributed by atoms with Crippen molar-refractivity contribution < 1.29 is 17.5 Å². The molecule has 0 saturated carbocycles. The van der Waals surface area contributed by atoms with E-state index in [1.54, 1.807) is 24.3 Å². The molecule has 2 aromatic carbocycles. The van der Waals surface area contributed by atoms with Crippen LogP contribution in [0.25, 0.3) is 0 Å². The van der Waals surface area contributed by atoms with Crippen LogP contribution in [0.15, 0.2) is 53.4 Å². The van der Waals surface area contributed by atoms with E-state index in [-0.39, 0.29) is 18.5 Å². The second-order valence-corrected chi connectivity index (χ2v) is 7.71. The molecular weight excluding hydrogens is 329 g/mol. The Morgan fingerprint density at radius 1 is 1.12 bits per heavy atom.